The van der Waals surface area contributed by atoms with Gasteiger partial charge in [0, 0.05) is 54.5 Å². The predicted octanol–water partition coefficient (Wildman–Crippen LogP) is 2.82. The van der Waals surface area contributed by atoms with Gasteiger partial charge >= 0.3 is 0 Å². The highest BCUT2D eigenvalue weighted by molar-refractivity contribution is 8.00. The molecule has 0 spiro atoms. The molecular formula is C19H30N4OS2. The Bertz CT molecular complexity index is 656. The first-order valence-corrected chi connectivity index (χ1v) is 11.4. The molecule has 0 saturated carbocycles. The summed E-state index contributed by atoms with van der Waals surface area (Å²) < 4.78 is 0.246. The molecule has 2 aliphatic heterocycles. The Morgan fingerprint density at radius 3 is 2.96 bits per heavy atom. The quantitative estimate of drug-likeness (QED) is 0.630. The zero-order valence-electron chi connectivity index (χ0n) is 16.1. The van der Waals surface area contributed by atoms with Crippen molar-refractivity contribution in [3.8, 4) is 0 Å². The number of rotatable bonds is 4. The molecule has 1 N–H and O–H groups in total. The third-order valence-corrected chi connectivity index (χ3v) is 7.13. The van der Waals surface area contributed by atoms with Gasteiger partial charge in [-0.05, 0) is 44.2 Å². The molecule has 3 rings (SSSR count). The highest BCUT2D eigenvalue weighted by atomic mass is 32.2. The summed E-state index contributed by atoms with van der Waals surface area (Å²) >= 11 is 3.82. The zero-order valence-corrected chi connectivity index (χ0v) is 17.7. The molecule has 0 radical (unpaired) electrons. The van der Waals surface area contributed by atoms with Crippen molar-refractivity contribution < 1.29 is 4.79 Å². The van der Waals surface area contributed by atoms with Gasteiger partial charge in [0.1, 0.15) is 0 Å². The van der Waals surface area contributed by atoms with Gasteiger partial charge in [0.2, 0.25) is 5.91 Å². The maximum Gasteiger partial charge on any atom is 0.224 e. The SMILES string of the molecule is CCNC(=NCCC(=O)N1CCc2sccc2C1)N1CCSC(C)(C)C1. The van der Waals surface area contributed by atoms with Gasteiger partial charge in [-0.25, -0.2) is 0 Å². The van der Waals surface area contributed by atoms with Crippen LogP contribution in [-0.4, -0.2) is 64.9 Å². The lowest BCUT2D eigenvalue weighted by Gasteiger charge is -2.39. The van der Waals surface area contributed by atoms with Gasteiger partial charge in [-0.2, -0.15) is 11.8 Å². The lowest BCUT2D eigenvalue weighted by Crippen LogP contribution is -2.51. The van der Waals surface area contributed by atoms with Gasteiger partial charge in [-0.15, -0.1) is 11.3 Å². The number of amides is 1. The van der Waals surface area contributed by atoms with Crippen molar-refractivity contribution in [3.05, 3.63) is 21.9 Å². The number of aliphatic imine (C=N–C) groups is 1. The molecule has 7 heteroatoms. The minimum absolute atomic E-state index is 0.218. The third kappa shape index (κ3) is 4.94. The Morgan fingerprint density at radius 2 is 2.19 bits per heavy atom. The van der Waals surface area contributed by atoms with Crippen LogP contribution in [-0.2, 0) is 17.8 Å². The number of fused-ring (bicyclic) bond motifs is 1. The van der Waals surface area contributed by atoms with Crippen LogP contribution in [0.15, 0.2) is 16.4 Å². The summed E-state index contributed by atoms with van der Waals surface area (Å²) in [4.78, 5) is 23.1. The summed E-state index contributed by atoms with van der Waals surface area (Å²) in [5.74, 6) is 2.29. The molecule has 1 aromatic rings. The van der Waals surface area contributed by atoms with E-state index >= 15 is 0 Å². The number of thioether (sulfide) groups is 1. The summed E-state index contributed by atoms with van der Waals surface area (Å²) in [6.07, 6.45) is 1.48. The molecule has 5 nitrogen and oxygen atoms in total. The number of nitrogens with one attached hydrogen (secondary N) is 1. The Balaban J connectivity index is 1.54. The van der Waals surface area contributed by atoms with Crippen LogP contribution < -0.4 is 5.32 Å². The maximum atomic E-state index is 12.6. The standard InChI is InChI=1S/C19H30N4OS2/c1-4-20-18(23-10-12-26-19(2,3)14-23)21-8-5-17(24)22-9-6-16-15(13-22)7-11-25-16/h7,11H,4-6,8-10,12-14H2,1-3H3,(H,20,21). The average Bonchev–Trinajstić information content (AvgIpc) is 3.07. The van der Waals surface area contributed by atoms with E-state index in [2.05, 4.69) is 42.4 Å². The Kier molecular flexibility index (Phi) is 6.51. The molecule has 1 aromatic heterocycles. The second-order valence-electron chi connectivity index (χ2n) is 7.45. The maximum absolute atomic E-state index is 12.6. The average molecular weight is 395 g/mol. The summed E-state index contributed by atoms with van der Waals surface area (Å²) in [6.45, 7) is 11.7. The molecule has 2 aliphatic rings. The van der Waals surface area contributed by atoms with Crippen LogP contribution in [0.1, 0.15) is 37.6 Å². The summed E-state index contributed by atoms with van der Waals surface area (Å²) in [5, 5.41) is 5.53. The molecule has 0 unspecified atom stereocenters. The predicted molar refractivity (Wildman–Crippen MR) is 112 cm³/mol. The van der Waals surface area contributed by atoms with E-state index in [1.54, 1.807) is 11.3 Å². The van der Waals surface area contributed by atoms with Crippen LogP contribution >= 0.6 is 23.1 Å². The summed E-state index contributed by atoms with van der Waals surface area (Å²) in [6, 6.07) is 2.15. The fraction of sp³-hybridized carbons (Fsp3) is 0.684. The number of guanidine groups is 1. The van der Waals surface area contributed by atoms with E-state index in [0.29, 0.717) is 13.0 Å². The fourth-order valence-electron chi connectivity index (χ4n) is 3.50. The van der Waals surface area contributed by atoms with Gasteiger partial charge in [-0.3, -0.25) is 9.79 Å². The van der Waals surface area contributed by atoms with Gasteiger partial charge < -0.3 is 15.1 Å². The van der Waals surface area contributed by atoms with Gasteiger partial charge in [0.05, 0.1) is 6.54 Å². The number of carbonyl (C=O) groups is 1. The van der Waals surface area contributed by atoms with Crippen LogP contribution in [0.4, 0.5) is 0 Å². The number of thiophene rings is 1. The van der Waals surface area contributed by atoms with Crippen molar-refractivity contribution in [2.45, 2.75) is 44.9 Å². The minimum atomic E-state index is 0.218. The lowest BCUT2D eigenvalue weighted by atomic mass is 10.1. The summed E-state index contributed by atoms with van der Waals surface area (Å²) in [5.41, 5.74) is 1.32. The van der Waals surface area contributed by atoms with Crippen molar-refractivity contribution >= 4 is 35.0 Å². The third-order valence-electron chi connectivity index (χ3n) is 4.81. The first-order valence-electron chi connectivity index (χ1n) is 9.49. The van der Waals surface area contributed by atoms with Crippen LogP contribution in [0, 0.1) is 0 Å². The Hall–Kier alpha value is -1.21. The molecule has 1 saturated heterocycles. The van der Waals surface area contributed by atoms with Crippen LogP contribution in [0.2, 0.25) is 0 Å². The number of nitrogens with zero attached hydrogens (tertiary/aromatic N) is 3. The Labute approximate surface area is 165 Å². The van der Waals surface area contributed by atoms with E-state index in [0.717, 1.165) is 50.9 Å². The van der Waals surface area contributed by atoms with E-state index < -0.39 is 0 Å². The molecule has 1 fully saturated rings. The molecular weight excluding hydrogens is 364 g/mol. The number of hydrogen-bond donors (Lipinski definition) is 1. The van der Waals surface area contributed by atoms with E-state index in [9.17, 15) is 4.79 Å². The molecule has 0 bridgehead atoms. The molecule has 1 amide bonds. The van der Waals surface area contributed by atoms with Crippen molar-refractivity contribution in [1.82, 2.24) is 15.1 Å². The Morgan fingerprint density at radius 1 is 1.35 bits per heavy atom. The smallest absolute Gasteiger partial charge is 0.224 e. The van der Waals surface area contributed by atoms with Crippen LogP contribution in [0.3, 0.4) is 0 Å². The van der Waals surface area contributed by atoms with Crippen molar-refractivity contribution in [1.29, 1.82) is 0 Å². The van der Waals surface area contributed by atoms with E-state index in [4.69, 9.17) is 4.99 Å². The number of carbonyl (C=O) groups excluding carboxylic acids is 1. The summed E-state index contributed by atoms with van der Waals surface area (Å²) in [7, 11) is 0. The van der Waals surface area contributed by atoms with Crippen LogP contribution in [0.5, 0.6) is 0 Å². The van der Waals surface area contributed by atoms with E-state index in [-0.39, 0.29) is 10.7 Å². The molecule has 144 valence electrons. The van der Waals surface area contributed by atoms with Gasteiger partial charge in [0.15, 0.2) is 5.96 Å². The minimum Gasteiger partial charge on any atom is -0.357 e. The van der Waals surface area contributed by atoms with Crippen LogP contribution in [0.25, 0.3) is 0 Å². The topological polar surface area (TPSA) is 47.9 Å². The molecule has 3 heterocycles. The second kappa shape index (κ2) is 8.65. The van der Waals surface area contributed by atoms with Crippen molar-refractivity contribution in [2.75, 3.05) is 38.5 Å². The lowest BCUT2D eigenvalue weighted by molar-refractivity contribution is -0.131. The van der Waals surface area contributed by atoms with Crippen molar-refractivity contribution in [3.63, 3.8) is 0 Å². The number of hydrogen-bond acceptors (Lipinski definition) is 4. The first-order chi connectivity index (χ1) is 12.5. The van der Waals surface area contributed by atoms with Crippen molar-refractivity contribution in [2.24, 2.45) is 4.99 Å². The molecule has 0 atom stereocenters. The molecule has 26 heavy (non-hydrogen) atoms. The van der Waals surface area contributed by atoms with Gasteiger partial charge in [-0.1, -0.05) is 0 Å². The van der Waals surface area contributed by atoms with E-state index in [1.807, 2.05) is 16.7 Å². The largest absolute Gasteiger partial charge is 0.357 e. The van der Waals surface area contributed by atoms with E-state index in [1.165, 1.54) is 10.4 Å². The normalized spacial score (nSPS) is 20.0. The highest BCUT2D eigenvalue weighted by Crippen LogP contribution is 2.29. The first kappa shape index (κ1) is 19.5. The van der Waals surface area contributed by atoms with Gasteiger partial charge in [0.25, 0.3) is 0 Å². The monoisotopic (exact) mass is 394 g/mol. The molecule has 0 aromatic carbocycles. The highest BCUT2D eigenvalue weighted by Gasteiger charge is 2.28. The second-order valence-corrected chi connectivity index (χ2v) is 10.3. The molecule has 0 aliphatic carbocycles. The fourth-order valence-corrected chi connectivity index (χ4v) is 5.50. The zero-order chi connectivity index (χ0) is 18.6.